The third-order valence-corrected chi connectivity index (χ3v) is 3.76. The van der Waals surface area contributed by atoms with E-state index < -0.39 is 0 Å². The summed E-state index contributed by atoms with van der Waals surface area (Å²) in [5.41, 5.74) is 0. The third-order valence-electron chi connectivity index (χ3n) is 3.44. The molecule has 144 valence electrons. The maximum Gasteiger partial charge on any atom is 0.305 e. The molecule has 0 aliphatic heterocycles. The number of ether oxygens (including phenoxy) is 4. The van der Waals surface area contributed by atoms with Crippen LogP contribution in [0.1, 0.15) is 58.3 Å². The lowest BCUT2D eigenvalue weighted by molar-refractivity contribution is -0.145. The van der Waals surface area contributed by atoms with Gasteiger partial charge in [-0.05, 0) is 6.42 Å². The SMILES string of the molecule is CCCCCCCCCC(=O)OCCOCCOCCOCCBr. The van der Waals surface area contributed by atoms with Gasteiger partial charge in [-0.3, -0.25) is 4.79 Å². The van der Waals surface area contributed by atoms with Crippen LogP contribution in [0.3, 0.4) is 0 Å². The minimum absolute atomic E-state index is 0.118. The van der Waals surface area contributed by atoms with E-state index in [1.54, 1.807) is 0 Å². The van der Waals surface area contributed by atoms with E-state index in [9.17, 15) is 4.79 Å². The summed E-state index contributed by atoms with van der Waals surface area (Å²) in [6.45, 7) is 5.87. The number of hydrogen-bond donors (Lipinski definition) is 0. The second-order valence-electron chi connectivity index (χ2n) is 5.62. The Morgan fingerprint density at radius 1 is 0.708 bits per heavy atom. The molecule has 0 aromatic heterocycles. The summed E-state index contributed by atoms with van der Waals surface area (Å²) < 4.78 is 21.1. The zero-order valence-corrected chi connectivity index (χ0v) is 16.8. The molecule has 0 saturated heterocycles. The van der Waals surface area contributed by atoms with Gasteiger partial charge in [0.1, 0.15) is 6.61 Å². The largest absolute Gasteiger partial charge is 0.463 e. The Balaban J connectivity index is 3.12. The molecule has 0 aromatic carbocycles. The number of alkyl halides is 1. The third kappa shape index (κ3) is 19.9. The van der Waals surface area contributed by atoms with Crippen LogP contribution in [0.25, 0.3) is 0 Å². The van der Waals surface area contributed by atoms with Gasteiger partial charge >= 0.3 is 5.97 Å². The lowest BCUT2D eigenvalue weighted by Gasteiger charge is -2.07. The first-order chi connectivity index (χ1) is 11.8. The molecule has 0 spiro atoms. The molecular formula is C18H35BrO5. The average Bonchev–Trinajstić information content (AvgIpc) is 2.59. The highest BCUT2D eigenvalue weighted by atomic mass is 79.9. The van der Waals surface area contributed by atoms with Gasteiger partial charge in [-0.25, -0.2) is 0 Å². The monoisotopic (exact) mass is 410 g/mol. The maximum atomic E-state index is 11.5. The second-order valence-corrected chi connectivity index (χ2v) is 6.41. The molecule has 24 heavy (non-hydrogen) atoms. The summed E-state index contributed by atoms with van der Waals surface area (Å²) in [6, 6.07) is 0. The fourth-order valence-corrected chi connectivity index (χ4v) is 2.34. The molecule has 0 unspecified atom stereocenters. The first kappa shape index (κ1) is 23.8. The van der Waals surface area contributed by atoms with Gasteiger partial charge in [0.15, 0.2) is 0 Å². The summed E-state index contributed by atoms with van der Waals surface area (Å²) in [7, 11) is 0. The number of unbranched alkanes of at least 4 members (excludes halogenated alkanes) is 6. The maximum absolute atomic E-state index is 11.5. The van der Waals surface area contributed by atoms with Gasteiger partial charge < -0.3 is 18.9 Å². The average molecular weight is 411 g/mol. The standard InChI is InChI=1S/C18H35BrO5/c1-2-3-4-5-6-7-8-9-18(20)24-17-16-23-15-14-22-13-12-21-11-10-19/h2-17H2,1H3. The fourth-order valence-electron chi connectivity index (χ4n) is 2.11. The molecule has 0 saturated carbocycles. The Morgan fingerprint density at radius 2 is 1.21 bits per heavy atom. The van der Waals surface area contributed by atoms with Crippen molar-refractivity contribution in [2.75, 3.05) is 51.6 Å². The lowest BCUT2D eigenvalue weighted by Crippen LogP contribution is -2.14. The van der Waals surface area contributed by atoms with Crippen molar-refractivity contribution in [1.82, 2.24) is 0 Å². The zero-order valence-electron chi connectivity index (χ0n) is 15.2. The van der Waals surface area contributed by atoms with Crippen molar-refractivity contribution in [2.45, 2.75) is 58.3 Å². The molecule has 0 bridgehead atoms. The second kappa shape index (κ2) is 20.9. The Morgan fingerprint density at radius 3 is 1.79 bits per heavy atom. The zero-order chi connectivity index (χ0) is 17.7. The lowest BCUT2D eigenvalue weighted by atomic mass is 10.1. The van der Waals surface area contributed by atoms with Crippen molar-refractivity contribution >= 4 is 21.9 Å². The molecule has 0 aliphatic rings. The van der Waals surface area contributed by atoms with E-state index in [-0.39, 0.29) is 5.97 Å². The van der Waals surface area contributed by atoms with E-state index in [4.69, 9.17) is 18.9 Å². The van der Waals surface area contributed by atoms with E-state index in [0.717, 1.165) is 18.2 Å². The van der Waals surface area contributed by atoms with Crippen LogP contribution >= 0.6 is 15.9 Å². The van der Waals surface area contributed by atoms with Gasteiger partial charge in [0.25, 0.3) is 0 Å². The molecule has 5 nitrogen and oxygen atoms in total. The molecule has 0 atom stereocenters. The molecular weight excluding hydrogens is 376 g/mol. The number of carbonyl (C=O) groups excluding carboxylic acids is 1. The summed E-state index contributed by atoms with van der Waals surface area (Å²) >= 11 is 3.28. The molecule has 0 aliphatic carbocycles. The van der Waals surface area contributed by atoms with Gasteiger partial charge in [0.05, 0.1) is 39.6 Å². The van der Waals surface area contributed by atoms with Crippen molar-refractivity contribution in [1.29, 1.82) is 0 Å². The van der Waals surface area contributed by atoms with Crippen molar-refractivity contribution in [3.8, 4) is 0 Å². The van der Waals surface area contributed by atoms with Gasteiger partial charge in [0, 0.05) is 11.8 Å². The minimum atomic E-state index is -0.118. The topological polar surface area (TPSA) is 54.0 Å². The van der Waals surface area contributed by atoms with Crippen LogP contribution in [0.15, 0.2) is 0 Å². The van der Waals surface area contributed by atoms with E-state index in [1.807, 2.05) is 0 Å². The van der Waals surface area contributed by atoms with Crippen molar-refractivity contribution in [3.63, 3.8) is 0 Å². The molecule has 0 fully saturated rings. The summed E-state index contributed by atoms with van der Waals surface area (Å²) in [5.74, 6) is -0.118. The Bertz CT molecular complexity index is 264. The molecule has 0 aromatic rings. The summed E-state index contributed by atoms with van der Waals surface area (Å²) in [6.07, 6.45) is 8.96. The Labute approximate surface area is 155 Å². The first-order valence-electron chi connectivity index (χ1n) is 9.26. The highest BCUT2D eigenvalue weighted by Crippen LogP contribution is 2.08. The molecule has 0 N–H and O–H groups in total. The van der Waals surface area contributed by atoms with E-state index in [2.05, 4.69) is 22.9 Å². The quantitative estimate of drug-likeness (QED) is 0.182. The number of halogens is 1. The van der Waals surface area contributed by atoms with Crippen LogP contribution in [0, 0.1) is 0 Å². The molecule has 0 heterocycles. The highest BCUT2D eigenvalue weighted by molar-refractivity contribution is 9.09. The van der Waals surface area contributed by atoms with Crippen molar-refractivity contribution in [3.05, 3.63) is 0 Å². The molecule has 0 radical (unpaired) electrons. The van der Waals surface area contributed by atoms with Crippen LogP contribution < -0.4 is 0 Å². The van der Waals surface area contributed by atoms with Crippen molar-refractivity contribution in [2.24, 2.45) is 0 Å². The van der Waals surface area contributed by atoms with Gasteiger partial charge in [-0.15, -0.1) is 0 Å². The molecule has 0 rings (SSSR count). The van der Waals surface area contributed by atoms with Gasteiger partial charge in [-0.2, -0.15) is 0 Å². The fraction of sp³-hybridized carbons (Fsp3) is 0.944. The van der Waals surface area contributed by atoms with Crippen LogP contribution in [0.4, 0.5) is 0 Å². The normalized spacial score (nSPS) is 10.9. The van der Waals surface area contributed by atoms with E-state index >= 15 is 0 Å². The predicted octanol–water partition coefficient (Wildman–Crippen LogP) is 4.12. The number of esters is 1. The van der Waals surface area contributed by atoms with Crippen LogP contribution in [-0.4, -0.2) is 57.5 Å². The summed E-state index contributed by atoms with van der Waals surface area (Å²) in [4.78, 5) is 11.5. The van der Waals surface area contributed by atoms with Crippen LogP contribution in [0.2, 0.25) is 0 Å². The first-order valence-corrected chi connectivity index (χ1v) is 10.4. The van der Waals surface area contributed by atoms with Crippen molar-refractivity contribution < 1.29 is 23.7 Å². The number of carbonyl (C=O) groups is 1. The Hall–Kier alpha value is -0.170. The van der Waals surface area contributed by atoms with E-state index in [0.29, 0.717) is 52.7 Å². The molecule has 6 heteroatoms. The van der Waals surface area contributed by atoms with Gasteiger partial charge in [-0.1, -0.05) is 61.4 Å². The smallest absolute Gasteiger partial charge is 0.305 e. The van der Waals surface area contributed by atoms with Crippen LogP contribution in [0.5, 0.6) is 0 Å². The van der Waals surface area contributed by atoms with E-state index in [1.165, 1.54) is 32.1 Å². The highest BCUT2D eigenvalue weighted by Gasteiger charge is 2.02. The predicted molar refractivity (Wildman–Crippen MR) is 99.8 cm³/mol. The van der Waals surface area contributed by atoms with Gasteiger partial charge in [0.2, 0.25) is 0 Å². The summed E-state index contributed by atoms with van der Waals surface area (Å²) in [5, 5.41) is 0.841. The van der Waals surface area contributed by atoms with Crippen LogP contribution in [-0.2, 0) is 23.7 Å². The molecule has 0 amide bonds. The minimum Gasteiger partial charge on any atom is -0.463 e. The Kier molecular flexibility index (Phi) is 20.7. The number of rotatable bonds is 19. The number of hydrogen-bond acceptors (Lipinski definition) is 5.